The van der Waals surface area contributed by atoms with Crippen molar-refractivity contribution >= 4 is 24.5 Å². The number of halogens is 3. The van der Waals surface area contributed by atoms with Gasteiger partial charge in [-0.25, -0.2) is 8.96 Å². The van der Waals surface area contributed by atoms with Gasteiger partial charge in [0, 0.05) is 18.8 Å². The summed E-state index contributed by atoms with van der Waals surface area (Å²) in [6, 6.07) is 4.47. The molecule has 1 aromatic carbocycles. The molecule has 0 bridgehead atoms. The Morgan fingerprint density at radius 1 is 1.27 bits per heavy atom. The third-order valence-electron chi connectivity index (χ3n) is 4.27. The number of carbonyl (C=O) groups is 1. The Balaban J connectivity index is 2.10. The second-order valence-corrected chi connectivity index (χ2v) is 6.48. The zero-order chi connectivity index (χ0) is 19.1. The molecule has 1 amide bonds. The number of nitrogens with zero attached hydrogens (tertiary/aromatic N) is 2. The predicted molar refractivity (Wildman–Crippen MR) is 93.4 cm³/mol. The van der Waals surface area contributed by atoms with Crippen molar-refractivity contribution in [1.29, 1.82) is 0 Å². The highest BCUT2D eigenvalue weighted by Crippen LogP contribution is 2.36. The van der Waals surface area contributed by atoms with Gasteiger partial charge < -0.3 is 5.32 Å². The lowest BCUT2D eigenvalue weighted by Gasteiger charge is -2.25. The summed E-state index contributed by atoms with van der Waals surface area (Å²) in [7, 11) is 0. The van der Waals surface area contributed by atoms with E-state index < -0.39 is 23.2 Å². The number of amides is 1. The van der Waals surface area contributed by atoms with Crippen LogP contribution in [0.1, 0.15) is 48.2 Å². The molecule has 0 aliphatic carbocycles. The van der Waals surface area contributed by atoms with Gasteiger partial charge >= 0.3 is 6.18 Å². The lowest BCUT2D eigenvalue weighted by atomic mass is 9.86. The van der Waals surface area contributed by atoms with Gasteiger partial charge in [-0.3, -0.25) is 9.59 Å². The molecule has 138 valence electrons. The molecule has 1 aliphatic rings. The second kappa shape index (κ2) is 6.79. The van der Waals surface area contributed by atoms with Crippen LogP contribution >= 0.6 is 12.8 Å². The Bertz CT molecular complexity index is 907. The van der Waals surface area contributed by atoms with Crippen LogP contribution in [0.4, 0.5) is 19.0 Å². The van der Waals surface area contributed by atoms with Crippen LogP contribution < -0.4 is 10.9 Å². The molecule has 1 aromatic heterocycles. The summed E-state index contributed by atoms with van der Waals surface area (Å²) in [5.41, 5.74) is -0.528. The number of benzene rings is 1. The van der Waals surface area contributed by atoms with Gasteiger partial charge in [-0.05, 0) is 24.1 Å². The predicted octanol–water partition coefficient (Wildman–Crippen LogP) is 3.38. The van der Waals surface area contributed by atoms with E-state index in [4.69, 9.17) is 0 Å². The van der Waals surface area contributed by atoms with E-state index in [2.05, 4.69) is 23.1 Å². The van der Waals surface area contributed by atoms with Crippen LogP contribution in [0.15, 0.2) is 29.1 Å². The van der Waals surface area contributed by atoms with Gasteiger partial charge in [0.15, 0.2) is 0 Å². The van der Waals surface area contributed by atoms with Crippen LogP contribution in [0, 0.1) is 0 Å². The van der Waals surface area contributed by atoms with Crippen molar-refractivity contribution in [3.63, 3.8) is 0 Å². The molecule has 5 nitrogen and oxygen atoms in total. The number of carbonyl (C=O) groups excluding carboxylic acids is 1. The molecule has 1 N–H and O–H groups in total. The SMILES string of the molecule is CCCc1nc2c(c(=O)n1S)C(c1ccc(C(F)(F)F)cc1)CC(=O)N2. The molecule has 0 spiro atoms. The van der Waals surface area contributed by atoms with Crippen molar-refractivity contribution in [2.45, 2.75) is 38.3 Å². The first-order valence-corrected chi connectivity index (χ1v) is 8.44. The monoisotopic (exact) mass is 383 g/mol. The molecule has 0 saturated carbocycles. The number of alkyl halides is 3. The number of hydrogen-bond acceptors (Lipinski definition) is 4. The maximum Gasteiger partial charge on any atom is 0.416 e. The first-order valence-electron chi connectivity index (χ1n) is 8.04. The van der Waals surface area contributed by atoms with Crippen molar-refractivity contribution in [1.82, 2.24) is 8.96 Å². The normalized spacial score (nSPS) is 17.0. The molecule has 2 heterocycles. The summed E-state index contributed by atoms with van der Waals surface area (Å²) in [5.74, 6) is -0.429. The largest absolute Gasteiger partial charge is 0.416 e. The van der Waals surface area contributed by atoms with Crippen LogP contribution in [0.2, 0.25) is 0 Å². The highest BCUT2D eigenvalue weighted by Gasteiger charge is 2.34. The third kappa shape index (κ3) is 3.35. The third-order valence-corrected chi connectivity index (χ3v) is 4.69. The van der Waals surface area contributed by atoms with Gasteiger partial charge in [-0.2, -0.15) is 13.2 Å². The second-order valence-electron chi connectivity index (χ2n) is 6.08. The zero-order valence-corrected chi connectivity index (χ0v) is 14.7. The number of anilines is 1. The molecule has 26 heavy (non-hydrogen) atoms. The number of rotatable bonds is 3. The standard InChI is InChI=1S/C17H16F3N3O2S/c1-2-3-12-21-15-14(16(25)23(12)26)11(8-13(24)22-15)9-4-6-10(7-5-9)17(18,19)20/h4-7,11,26H,2-3,8H2,1H3,(H,22,24). The van der Waals surface area contributed by atoms with E-state index >= 15 is 0 Å². The quantitative estimate of drug-likeness (QED) is 0.799. The van der Waals surface area contributed by atoms with Crippen molar-refractivity contribution in [3.8, 4) is 0 Å². The molecule has 1 unspecified atom stereocenters. The summed E-state index contributed by atoms with van der Waals surface area (Å²) in [6.07, 6.45) is -3.25. The van der Waals surface area contributed by atoms with E-state index in [9.17, 15) is 22.8 Å². The van der Waals surface area contributed by atoms with Gasteiger partial charge in [0.25, 0.3) is 5.56 Å². The Hall–Kier alpha value is -2.29. The number of aromatic nitrogens is 2. The molecule has 0 saturated heterocycles. The summed E-state index contributed by atoms with van der Waals surface area (Å²) in [4.78, 5) is 29.1. The number of hydrogen-bond donors (Lipinski definition) is 2. The van der Waals surface area contributed by atoms with Gasteiger partial charge in [-0.15, -0.1) is 0 Å². The van der Waals surface area contributed by atoms with Gasteiger partial charge in [-0.1, -0.05) is 31.9 Å². The van der Waals surface area contributed by atoms with Gasteiger partial charge in [0.1, 0.15) is 11.6 Å². The highest BCUT2D eigenvalue weighted by molar-refractivity contribution is 7.78. The topological polar surface area (TPSA) is 64.0 Å². The summed E-state index contributed by atoms with van der Waals surface area (Å²) in [6.45, 7) is 1.92. The summed E-state index contributed by atoms with van der Waals surface area (Å²) >= 11 is 4.19. The highest BCUT2D eigenvalue weighted by atomic mass is 32.1. The van der Waals surface area contributed by atoms with E-state index in [1.807, 2.05) is 6.92 Å². The Labute approximate surface area is 152 Å². The van der Waals surface area contributed by atoms with Crippen LogP contribution in [0.3, 0.4) is 0 Å². The molecular weight excluding hydrogens is 367 g/mol. The van der Waals surface area contributed by atoms with Crippen LogP contribution in [-0.2, 0) is 17.4 Å². The Morgan fingerprint density at radius 2 is 1.92 bits per heavy atom. The maximum atomic E-state index is 12.8. The fourth-order valence-electron chi connectivity index (χ4n) is 3.02. The van der Waals surface area contributed by atoms with E-state index in [0.717, 1.165) is 22.5 Å². The first-order chi connectivity index (χ1) is 12.2. The minimum Gasteiger partial charge on any atom is -0.310 e. The Morgan fingerprint density at radius 3 is 2.50 bits per heavy atom. The van der Waals surface area contributed by atoms with Crippen molar-refractivity contribution in [3.05, 3.63) is 57.1 Å². The van der Waals surface area contributed by atoms with E-state index in [0.29, 0.717) is 17.8 Å². The van der Waals surface area contributed by atoms with E-state index in [-0.39, 0.29) is 23.7 Å². The fraction of sp³-hybridized carbons (Fsp3) is 0.353. The molecule has 0 radical (unpaired) electrons. The van der Waals surface area contributed by atoms with Crippen LogP contribution in [0.5, 0.6) is 0 Å². The smallest absolute Gasteiger partial charge is 0.310 e. The first kappa shape index (κ1) is 18.5. The maximum absolute atomic E-state index is 12.8. The Kier molecular flexibility index (Phi) is 4.83. The van der Waals surface area contributed by atoms with Gasteiger partial charge in [0.05, 0.1) is 11.1 Å². The van der Waals surface area contributed by atoms with E-state index in [1.54, 1.807) is 0 Å². The minimum absolute atomic E-state index is 0.0454. The van der Waals surface area contributed by atoms with Crippen molar-refractivity contribution in [2.24, 2.45) is 0 Å². The lowest BCUT2D eigenvalue weighted by molar-refractivity contribution is -0.137. The van der Waals surface area contributed by atoms with Crippen molar-refractivity contribution < 1.29 is 18.0 Å². The number of nitrogens with one attached hydrogen (secondary N) is 1. The van der Waals surface area contributed by atoms with Crippen LogP contribution in [0.25, 0.3) is 0 Å². The molecule has 1 aliphatic heterocycles. The number of thiol groups is 1. The number of fused-ring (bicyclic) bond motifs is 1. The summed E-state index contributed by atoms with van der Waals surface area (Å²) < 4.78 is 39.4. The van der Waals surface area contributed by atoms with E-state index in [1.165, 1.54) is 12.1 Å². The lowest BCUT2D eigenvalue weighted by Crippen LogP contribution is -2.34. The minimum atomic E-state index is -4.45. The number of aryl methyl sites for hydroxylation is 1. The average Bonchev–Trinajstić information content (AvgIpc) is 2.58. The van der Waals surface area contributed by atoms with Crippen molar-refractivity contribution in [2.75, 3.05) is 5.32 Å². The molecule has 1 atom stereocenters. The zero-order valence-electron chi connectivity index (χ0n) is 13.8. The molecule has 3 rings (SSSR count). The molecular formula is C17H16F3N3O2S. The molecule has 2 aromatic rings. The average molecular weight is 383 g/mol. The molecule has 0 fully saturated rings. The fourth-order valence-corrected chi connectivity index (χ4v) is 3.28. The summed E-state index contributed by atoms with van der Waals surface area (Å²) in [5, 5.41) is 2.58. The van der Waals surface area contributed by atoms with Gasteiger partial charge in [0.2, 0.25) is 5.91 Å². The van der Waals surface area contributed by atoms with Crippen LogP contribution in [-0.4, -0.2) is 14.9 Å². The molecule has 9 heteroatoms.